The molecule has 0 bridgehead atoms. The Hall–Kier alpha value is -2.19. The molecule has 0 aromatic carbocycles. The van der Waals surface area contributed by atoms with E-state index in [-0.39, 0.29) is 30.9 Å². The first-order chi connectivity index (χ1) is 15.9. The van der Waals surface area contributed by atoms with Crippen molar-refractivity contribution in [3.05, 3.63) is 24.3 Å². The predicted octanol–water partition coefficient (Wildman–Crippen LogP) is 2.06. The van der Waals surface area contributed by atoms with Crippen molar-refractivity contribution in [3.8, 4) is 0 Å². The van der Waals surface area contributed by atoms with Crippen LogP contribution in [0.2, 0.25) is 0 Å². The zero-order chi connectivity index (χ0) is 25.1. The van der Waals surface area contributed by atoms with Gasteiger partial charge in [0.25, 0.3) is 0 Å². The highest BCUT2D eigenvalue weighted by Gasteiger charge is 2.76. The number of carbonyl (C=O) groups excluding carboxylic acids is 3. The summed E-state index contributed by atoms with van der Waals surface area (Å²) in [5.41, 5.74) is -2.84. The quantitative estimate of drug-likeness (QED) is 0.484. The van der Waals surface area contributed by atoms with Gasteiger partial charge in [-0.25, -0.2) is 0 Å². The number of ether oxygens (including phenoxy) is 2. The van der Waals surface area contributed by atoms with Gasteiger partial charge in [0.1, 0.15) is 29.8 Å². The molecule has 8 nitrogen and oxygen atoms in total. The number of nitrogens with zero attached hydrogens (tertiary/aromatic N) is 2. The number of rotatable bonds is 5. The Morgan fingerprint density at radius 2 is 1.82 bits per heavy atom. The molecule has 1 N–H and O–H groups in total. The van der Waals surface area contributed by atoms with Crippen LogP contribution in [0.5, 0.6) is 0 Å². The molecular weight excluding hydrogens is 436 g/mol. The summed E-state index contributed by atoms with van der Waals surface area (Å²) < 4.78 is 12.3. The van der Waals surface area contributed by atoms with E-state index >= 15 is 0 Å². The number of carbonyl (C=O) groups is 3. The van der Waals surface area contributed by atoms with E-state index in [1.165, 1.54) is 4.90 Å². The summed E-state index contributed by atoms with van der Waals surface area (Å²) in [6.07, 6.45) is 8.31. The molecule has 4 heterocycles. The number of esters is 1. The second kappa shape index (κ2) is 8.48. The molecule has 1 unspecified atom stereocenters. The van der Waals surface area contributed by atoms with Crippen molar-refractivity contribution in [3.63, 3.8) is 0 Å². The van der Waals surface area contributed by atoms with Crippen LogP contribution in [0.3, 0.4) is 0 Å². The smallest absolute Gasteiger partial charge is 0.313 e. The second-order valence-corrected chi connectivity index (χ2v) is 11.4. The molecule has 0 saturated carbocycles. The largest absolute Gasteiger partial charge is 0.461 e. The first-order valence-electron chi connectivity index (χ1n) is 12.4. The number of hydrogen-bond donors (Lipinski definition) is 1. The Bertz CT molecular complexity index is 921. The Kier molecular flexibility index (Phi) is 6.22. The van der Waals surface area contributed by atoms with Gasteiger partial charge in [-0.3, -0.25) is 14.4 Å². The third-order valence-corrected chi connectivity index (χ3v) is 7.79. The summed E-state index contributed by atoms with van der Waals surface area (Å²) in [7, 11) is 0. The number of fused-ring (bicyclic) bond motifs is 2. The van der Waals surface area contributed by atoms with Gasteiger partial charge in [-0.15, -0.1) is 0 Å². The van der Waals surface area contributed by atoms with Crippen LogP contribution in [0.15, 0.2) is 24.3 Å². The lowest BCUT2D eigenvalue weighted by Crippen LogP contribution is -2.61. The highest BCUT2D eigenvalue weighted by Crippen LogP contribution is 2.59. The molecule has 34 heavy (non-hydrogen) atoms. The van der Waals surface area contributed by atoms with Crippen LogP contribution in [-0.4, -0.2) is 81.3 Å². The maximum Gasteiger partial charge on any atom is 0.313 e. The van der Waals surface area contributed by atoms with Gasteiger partial charge in [-0.2, -0.15) is 0 Å². The summed E-state index contributed by atoms with van der Waals surface area (Å²) in [4.78, 5) is 45.0. The highest BCUT2D eigenvalue weighted by atomic mass is 16.6. The van der Waals surface area contributed by atoms with Crippen molar-refractivity contribution in [2.75, 3.05) is 19.8 Å². The summed E-state index contributed by atoms with van der Waals surface area (Å²) in [5, 5.41) is 10.3. The summed E-state index contributed by atoms with van der Waals surface area (Å²) in [5.74, 6) is -2.62. The molecule has 2 saturated heterocycles. The van der Waals surface area contributed by atoms with Gasteiger partial charge in [0.05, 0.1) is 18.6 Å². The monoisotopic (exact) mass is 474 g/mol. The molecule has 188 valence electrons. The number of cyclic esters (lactones) is 1. The van der Waals surface area contributed by atoms with Gasteiger partial charge >= 0.3 is 5.97 Å². The minimum atomic E-state index is -1.32. The Morgan fingerprint density at radius 1 is 1.12 bits per heavy atom. The van der Waals surface area contributed by atoms with Crippen LogP contribution in [0, 0.1) is 17.8 Å². The van der Waals surface area contributed by atoms with Crippen molar-refractivity contribution in [2.24, 2.45) is 17.8 Å². The van der Waals surface area contributed by atoms with E-state index in [1.807, 2.05) is 59.8 Å². The number of likely N-dealkylation sites (tertiary alicyclic amines) is 1. The minimum absolute atomic E-state index is 0.126. The highest BCUT2D eigenvalue weighted by molar-refractivity contribution is 5.99. The molecule has 2 fully saturated rings. The molecule has 0 aromatic rings. The molecule has 2 amide bonds. The van der Waals surface area contributed by atoms with Crippen LogP contribution >= 0.6 is 0 Å². The van der Waals surface area contributed by atoms with Gasteiger partial charge in [-0.05, 0) is 45.6 Å². The van der Waals surface area contributed by atoms with E-state index in [0.29, 0.717) is 19.4 Å². The van der Waals surface area contributed by atoms with Crippen molar-refractivity contribution < 1.29 is 29.0 Å². The summed E-state index contributed by atoms with van der Waals surface area (Å²) >= 11 is 0. The SMILES string of the molecule is CC[C@]12C=CCOC(=O)[C@H]1[C@H]1C(=O)N([C@@H](CO)CC(C)C)C3C(=O)N(C(C)(C)C)CC=C[C@@]31O2. The molecule has 8 heteroatoms. The third-order valence-electron chi connectivity index (χ3n) is 7.79. The molecule has 0 radical (unpaired) electrons. The maximum atomic E-state index is 14.2. The number of aliphatic hydroxyl groups is 1. The predicted molar refractivity (Wildman–Crippen MR) is 125 cm³/mol. The van der Waals surface area contributed by atoms with Gasteiger partial charge in [0.2, 0.25) is 11.8 Å². The molecule has 0 aliphatic carbocycles. The molecule has 4 rings (SSSR count). The topological polar surface area (TPSA) is 96.4 Å². The van der Waals surface area contributed by atoms with Crippen molar-refractivity contribution in [2.45, 2.75) is 83.2 Å². The molecular formula is C26H38N2O6. The zero-order valence-corrected chi connectivity index (χ0v) is 21.1. The zero-order valence-electron chi connectivity index (χ0n) is 21.1. The van der Waals surface area contributed by atoms with Crippen molar-refractivity contribution >= 4 is 17.8 Å². The lowest BCUT2D eigenvalue weighted by atomic mass is 9.73. The molecule has 1 spiro atoms. The normalized spacial score (nSPS) is 36.2. The van der Waals surface area contributed by atoms with E-state index in [4.69, 9.17) is 9.47 Å². The van der Waals surface area contributed by atoms with E-state index in [9.17, 15) is 19.5 Å². The van der Waals surface area contributed by atoms with Crippen LogP contribution < -0.4 is 0 Å². The molecule has 6 atom stereocenters. The van der Waals surface area contributed by atoms with Crippen LogP contribution in [0.4, 0.5) is 0 Å². The first kappa shape index (κ1) is 24.9. The third kappa shape index (κ3) is 3.52. The molecule has 0 aromatic heterocycles. The maximum absolute atomic E-state index is 14.2. The fraction of sp³-hybridized carbons (Fsp3) is 0.731. The Morgan fingerprint density at radius 3 is 2.41 bits per heavy atom. The average molecular weight is 475 g/mol. The number of hydrogen-bond acceptors (Lipinski definition) is 6. The van der Waals surface area contributed by atoms with Gasteiger partial charge in [-0.1, -0.05) is 39.0 Å². The van der Waals surface area contributed by atoms with Gasteiger partial charge in [0.15, 0.2) is 0 Å². The molecule has 4 aliphatic heterocycles. The van der Waals surface area contributed by atoms with Crippen molar-refractivity contribution in [1.82, 2.24) is 9.80 Å². The van der Waals surface area contributed by atoms with Crippen LogP contribution in [0.25, 0.3) is 0 Å². The van der Waals surface area contributed by atoms with E-state index < -0.39 is 46.6 Å². The Labute approximate surface area is 201 Å². The van der Waals surface area contributed by atoms with Crippen LogP contribution in [-0.2, 0) is 23.9 Å². The Balaban J connectivity index is 1.93. The lowest BCUT2D eigenvalue weighted by Gasteiger charge is -2.43. The summed E-state index contributed by atoms with van der Waals surface area (Å²) in [6, 6.07) is -1.54. The van der Waals surface area contributed by atoms with Gasteiger partial charge in [0, 0.05) is 12.1 Å². The number of amides is 2. The summed E-state index contributed by atoms with van der Waals surface area (Å²) in [6.45, 7) is 12.1. The lowest BCUT2D eigenvalue weighted by molar-refractivity contribution is -0.163. The fourth-order valence-electron chi connectivity index (χ4n) is 6.35. The standard InChI is InChI=1S/C26H38N2O6/c1-7-25-10-9-13-33-23(32)19(25)18-21(30)28(17(15-29)14-16(2)3)20-22(31)27(24(4,5)6)12-8-11-26(18,20)34-25/h8-11,16-20,29H,7,12-15H2,1-6H3/t17-,18+,19-,20?,25+,26+/m1/s1. The average Bonchev–Trinajstić information content (AvgIpc) is 3.03. The van der Waals surface area contributed by atoms with Gasteiger partial charge < -0.3 is 24.4 Å². The second-order valence-electron chi connectivity index (χ2n) is 11.4. The van der Waals surface area contributed by atoms with Crippen molar-refractivity contribution in [1.29, 1.82) is 0 Å². The van der Waals surface area contributed by atoms with E-state index in [2.05, 4.69) is 0 Å². The molecule has 4 aliphatic rings. The number of aliphatic hydroxyl groups excluding tert-OH is 1. The van der Waals surface area contributed by atoms with E-state index in [1.54, 1.807) is 11.0 Å². The van der Waals surface area contributed by atoms with E-state index in [0.717, 1.165) is 0 Å². The fourth-order valence-corrected chi connectivity index (χ4v) is 6.35. The minimum Gasteiger partial charge on any atom is -0.461 e. The first-order valence-corrected chi connectivity index (χ1v) is 12.4. The van der Waals surface area contributed by atoms with Crippen LogP contribution in [0.1, 0.15) is 54.4 Å².